The van der Waals surface area contributed by atoms with Gasteiger partial charge in [-0.15, -0.1) is 0 Å². The fourth-order valence-electron chi connectivity index (χ4n) is 3.05. The van der Waals surface area contributed by atoms with Crippen LogP contribution in [-0.2, 0) is 9.53 Å². The maximum atomic E-state index is 12.8. The minimum Gasteiger partial charge on any atom is -0.444 e. The van der Waals surface area contributed by atoms with Gasteiger partial charge in [-0.2, -0.15) is 0 Å². The Bertz CT molecular complexity index is 540. The Morgan fingerprint density at radius 1 is 1.25 bits per heavy atom. The summed E-state index contributed by atoms with van der Waals surface area (Å²) in [7, 11) is 0. The molecule has 2 amide bonds. The molecule has 0 unspecified atom stereocenters. The third-order valence-electron chi connectivity index (χ3n) is 4.16. The Hall–Kier alpha value is -1.99. The fourth-order valence-corrected chi connectivity index (χ4v) is 3.05. The number of aliphatic hydroxyl groups excluding tert-OH is 1. The van der Waals surface area contributed by atoms with Gasteiger partial charge in [-0.05, 0) is 45.6 Å². The van der Waals surface area contributed by atoms with Crippen molar-refractivity contribution in [3.63, 3.8) is 0 Å². The summed E-state index contributed by atoms with van der Waals surface area (Å²) in [5.41, 5.74) is 7.95. The number of hydrogen-bond acceptors (Lipinski definition) is 5. The molecule has 1 N–H and O–H groups in total. The number of carbonyl (C=O) groups excluding carboxylic acids is 2. The molecule has 2 heterocycles. The van der Waals surface area contributed by atoms with E-state index in [1.807, 2.05) is 0 Å². The number of likely N-dealkylation sites (tertiary alicyclic amines) is 2. The zero-order chi connectivity index (χ0) is 17.9. The molecular formula is C15H25N5O4. The van der Waals surface area contributed by atoms with Crippen molar-refractivity contribution in [1.29, 1.82) is 0 Å². The van der Waals surface area contributed by atoms with Crippen LogP contribution in [0, 0.1) is 0 Å². The third kappa shape index (κ3) is 4.52. The highest BCUT2D eigenvalue weighted by Crippen LogP contribution is 2.25. The third-order valence-corrected chi connectivity index (χ3v) is 4.16. The molecule has 0 spiro atoms. The van der Waals surface area contributed by atoms with Crippen LogP contribution in [0.1, 0.15) is 40.0 Å². The summed E-state index contributed by atoms with van der Waals surface area (Å²) in [6.07, 6.45) is 0.401. The number of carbonyl (C=O) groups is 2. The number of aliphatic hydroxyl groups is 1. The summed E-state index contributed by atoms with van der Waals surface area (Å²) in [6, 6.07) is -1.01. The summed E-state index contributed by atoms with van der Waals surface area (Å²) in [5.74, 6) is -0.184. The van der Waals surface area contributed by atoms with Crippen LogP contribution in [0.4, 0.5) is 4.79 Å². The van der Waals surface area contributed by atoms with Crippen LogP contribution in [0.25, 0.3) is 10.4 Å². The van der Waals surface area contributed by atoms with Gasteiger partial charge in [0.05, 0.1) is 12.1 Å². The lowest BCUT2D eigenvalue weighted by molar-refractivity contribution is -0.137. The molecule has 9 heteroatoms. The van der Waals surface area contributed by atoms with E-state index in [1.54, 1.807) is 25.7 Å². The molecule has 2 fully saturated rings. The van der Waals surface area contributed by atoms with Crippen LogP contribution in [0.5, 0.6) is 0 Å². The molecule has 0 aromatic carbocycles. The summed E-state index contributed by atoms with van der Waals surface area (Å²) in [5, 5.41) is 13.3. The number of rotatable bonds is 2. The lowest BCUT2D eigenvalue weighted by atomic mass is 9.98. The number of hydrogen-bond donors (Lipinski definition) is 1. The number of amides is 2. The van der Waals surface area contributed by atoms with Crippen molar-refractivity contribution in [3.8, 4) is 0 Å². The van der Waals surface area contributed by atoms with Crippen molar-refractivity contribution in [2.45, 2.75) is 63.8 Å². The maximum Gasteiger partial charge on any atom is 0.410 e. The topological polar surface area (TPSA) is 119 Å². The van der Waals surface area contributed by atoms with Gasteiger partial charge in [0.2, 0.25) is 5.91 Å². The van der Waals surface area contributed by atoms with Gasteiger partial charge in [-0.3, -0.25) is 9.69 Å². The predicted octanol–water partition coefficient (Wildman–Crippen LogP) is 1.66. The van der Waals surface area contributed by atoms with Crippen LogP contribution in [0.15, 0.2) is 5.11 Å². The minimum absolute atomic E-state index is 0.159. The minimum atomic E-state index is -0.681. The van der Waals surface area contributed by atoms with E-state index in [2.05, 4.69) is 10.0 Å². The monoisotopic (exact) mass is 339 g/mol. The van der Waals surface area contributed by atoms with Gasteiger partial charge in [0.25, 0.3) is 0 Å². The second kappa shape index (κ2) is 7.27. The predicted molar refractivity (Wildman–Crippen MR) is 86.1 cm³/mol. The largest absolute Gasteiger partial charge is 0.444 e. The van der Waals surface area contributed by atoms with E-state index >= 15 is 0 Å². The smallest absolute Gasteiger partial charge is 0.410 e. The molecule has 2 rings (SSSR count). The summed E-state index contributed by atoms with van der Waals surface area (Å²) >= 11 is 0. The highest BCUT2D eigenvalue weighted by molar-refractivity contribution is 5.86. The number of piperidine rings is 1. The highest BCUT2D eigenvalue weighted by Gasteiger charge is 2.40. The van der Waals surface area contributed by atoms with Gasteiger partial charge in [-0.1, -0.05) is 5.11 Å². The standard InChI is InChI=1S/C15H25N5O4/c1-15(2,3)24-14(23)20-8-10(17-18-16)4-5-12(20)13(22)19-7-6-11(21)9-19/h10-12,21H,4-9H2,1-3H3/t10-,11-,12+/m0/s1. The van der Waals surface area contributed by atoms with Crippen molar-refractivity contribution in [2.24, 2.45) is 5.11 Å². The van der Waals surface area contributed by atoms with Gasteiger partial charge in [0.1, 0.15) is 11.6 Å². The Morgan fingerprint density at radius 3 is 2.50 bits per heavy atom. The summed E-state index contributed by atoms with van der Waals surface area (Å²) in [4.78, 5) is 31.0. The quantitative estimate of drug-likeness (QED) is 0.467. The molecule has 2 aliphatic rings. The molecule has 9 nitrogen and oxygen atoms in total. The second-order valence-corrected chi connectivity index (χ2v) is 7.31. The van der Waals surface area contributed by atoms with Gasteiger partial charge in [0, 0.05) is 24.5 Å². The van der Waals surface area contributed by atoms with Crippen LogP contribution >= 0.6 is 0 Å². The molecule has 3 atom stereocenters. The molecule has 0 saturated carbocycles. The Kier molecular flexibility index (Phi) is 5.56. The number of nitrogens with zero attached hydrogens (tertiary/aromatic N) is 5. The zero-order valence-corrected chi connectivity index (χ0v) is 14.4. The van der Waals surface area contributed by atoms with Crippen LogP contribution in [0.3, 0.4) is 0 Å². The molecule has 2 saturated heterocycles. The van der Waals surface area contributed by atoms with Crippen LogP contribution in [0.2, 0.25) is 0 Å². The van der Waals surface area contributed by atoms with E-state index in [4.69, 9.17) is 10.3 Å². The van der Waals surface area contributed by atoms with Gasteiger partial charge < -0.3 is 14.7 Å². The summed E-state index contributed by atoms with van der Waals surface area (Å²) in [6.45, 7) is 6.20. The molecule has 0 bridgehead atoms. The van der Waals surface area contributed by atoms with Crippen molar-refractivity contribution >= 4 is 12.0 Å². The molecule has 134 valence electrons. The normalized spacial score (nSPS) is 27.6. The molecule has 0 radical (unpaired) electrons. The molecule has 0 aliphatic carbocycles. The molecule has 0 aromatic rings. The Morgan fingerprint density at radius 2 is 1.96 bits per heavy atom. The second-order valence-electron chi connectivity index (χ2n) is 7.31. The van der Waals surface area contributed by atoms with E-state index in [0.717, 1.165) is 0 Å². The van der Waals surface area contributed by atoms with Crippen LogP contribution < -0.4 is 0 Å². The van der Waals surface area contributed by atoms with E-state index in [1.165, 1.54) is 4.90 Å². The number of ether oxygens (including phenoxy) is 1. The average Bonchev–Trinajstić information content (AvgIpc) is 2.91. The lowest BCUT2D eigenvalue weighted by Gasteiger charge is -2.39. The Labute approximate surface area is 141 Å². The first-order chi connectivity index (χ1) is 11.2. The highest BCUT2D eigenvalue weighted by atomic mass is 16.6. The number of azide groups is 1. The van der Waals surface area contributed by atoms with Crippen LogP contribution in [-0.4, -0.2) is 70.3 Å². The van der Waals surface area contributed by atoms with Crippen molar-refractivity contribution in [2.75, 3.05) is 19.6 Å². The van der Waals surface area contributed by atoms with Gasteiger partial charge >= 0.3 is 6.09 Å². The molecule has 0 aromatic heterocycles. The van der Waals surface area contributed by atoms with E-state index < -0.39 is 23.8 Å². The first-order valence-corrected chi connectivity index (χ1v) is 8.22. The Balaban J connectivity index is 2.15. The molecule has 24 heavy (non-hydrogen) atoms. The number of β-amino-alcohol motifs (C(OH)–C–C–N with tert-alkyl or cyclic N) is 1. The first-order valence-electron chi connectivity index (χ1n) is 8.22. The fraction of sp³-hybridized carbons (Fsp3) is 0.867. The van der Waals surface area contributed by atoms with E-state index in [9.17, 15) is 14.7 Å². The van der Waals surface area contributed by atoms with Crippen molar-refractivity contribution in [1.82, 2.24) is 9.80 Å². The van der Waals surface area contributed by atoms with Crippen molar-refractivity contribution < 1.29 is 19.4 Å². The summed E-state index contributed by atoms with van der Waals surface area (Å²) < 4.78 is 5.40. The van der Waals surface area contributed by atoms with E-state index in [0.29, 0.717) is 25.8 Å². The zero-order valence-electron chi connectivity index (χ0n) is 14.4. The molecule has 2 aliphatic heterocycles. The lowest BCUT2D eigenvalue weighted by Crippen LogP contribution is -2.56. The van der Waals surface area contributed by atoms with Gasteiger partial charge in [-0.25, -0.2) is 4.79 Å². The molecular weight excluding hydrogens is 314 g/mol. The maximum absolute atomic E-state index is 12.8. The SMILES string of the molecule is CC(C)(C)OC(=O)N1C[C@@H](N=[N+]=[N-])CC[C@@H]1C(=O)N1CC[C@H](O)C1. The average molecular weight is 339 g/mol. The first kappa shape index (κ1) is 18.4. The van der Waals surface area contributed by atoms with Crippen molar-refractivity contribution in [3.05, 3.63) is 10.4 Å². The van der Waals surface area contributed by atoms with Gasteiger partial charge in [0.15, 0.2) is 0 Å². The van der Waals surface area contributed by atoms with E-state index in [-0.39, 0.29) is 25.0 Å².